The first-order valence-corrected chi connectivity index (χ1v) is 17.7. The maximum Gasteiger partial charge on any atom is 0.154 e. The minimum absolute atomic E-state index is 0.0253. The van der Waals surface area contributed by atoms with Crippen molar-refractivity contribution >= 4 is 0 Å². The zero-order valence-corrected chi connectivity index (χ0v) is 28.6. The van der Waals surface area contributed by atoms with Crippen LogP contribution in [0.1, 0.15) is 121 Å². The Morgan fingerprint density at radius 3 is 2.07 bits per heavy atom. The van der Waals surface area contributed by atoms with Crippen LogP contribution in [0.25, 0.3) is 0 Å². The summed E-state index contributed by atoms with van der Waals surface area (Å²) in [6, 6.07) is 0. The topological polar surface area (TPSA) is 101 Å². The van der Waals surface area contributed by atoms with Gasteiger partial charge in [0.05, 0.1) is 18.3 Å². The lowest BCUT2D eigenvalue weighted by atomic mass is 9.33. The van der Waals surface area contributed by atoms with Gasteiger partial charge in [0.1, 0.15) is 0 Å². The van der Waals surface area contributed by atoms with Crippen LogP contribution >= 0.6 is 0 Å². The van der Waals surface area contributed by atoms with Crippen molar-refractivity contribution < 1.29 is 25.5 Å². The molecule has 5 aliphatic rings. The fourth-order valence-electron chi connectivity index (χ4n) is 13.7. The summed E-state index contributed by atoms with van der Waals surface area (Å²) in [5.41, 5.74) is -0.345. The van der Waals surface area contributed by atoms with Gasteiger partial charge in [-0.2, -0.15) is 0 Å². The maximum atomic E-state index is 12.7. The number of aliphatic hydroxyl groups excluding tert-OH is 4. The van der Waals surface area contributed by atoms with Crippen LogP contribution in [-0.2, 0) is 0 Å². The van der Waals surface area contributed by atoms with Crippen molar-refractivity contribution in [3.8, 4) is 0 Å². The molecule has 0 aromatic rings. The zero-order chi connectivity index (χ0) is 31.3. The molecule has 0 radical (unpaired) electrons. The standard InChI is InChI=1S/C37H66O5/c1-19-16-36(9)18-35(8)17-26-25(23-12-11-13-24(14-23)33(41)42)15-27(34(5,6)7)20(2)29(26)31(39)30(35)21(3)37(36,10)32(40)28(19)22(4)38/h19-33,38-42H,11-18H2,1-10H3. The maximum absolute atomic E-state index is 12.7. The van der Waals surface area contributed by atoms with Crippen molar-refractivity contribution in [2.75, 3.05) is 0 Å². The van der Waals surface area contributed by atoms with Crippen molar-refractivity contribution in [1.82, 2.24) is 0 Å². The number of hydrogen-bond acceptors (Lipinski definition) is 5. The predicted octanol–water partition coefficient (Wildman–Crippen LogP) is 6.49. The van der Waals surface area contributed by atoms with Crippen LogP contribution < -0.4 is 0 Å². The van der Waals surface area contributed by atoms with Crippen LogP contribution in [0.5, 0.6) is 0 Å². The first-order chi connectivity index (χ1) is 19.3. The molecule has 5 N–H and O–H groups in total. The highest BCUT2D eigenvalue weighted by molar-refractivity contribution is 5.19. The quantitative estimate of drug-likeness (QED) is 0.242. The van der Waals surface area contributed by atoms with E-state index in [1.54, 1.807) is 0 Å². The Balaban J connectivity index is 1.56. The average Bonchev–Trinajstić information content (AvgIpc) is 2.85. The van der Waals surface area contributed by atoms with Crippen molar-refractivity contribution in [2.45, 2.75) is 145 Å². The van der Waals surface area contributed by atoms with E-state index in [0.29, 0.717) is 29.6 Å². The number of aliphatic hydroxyl groups is 5. The van der Waals surface area contributed by atoms with Gasteiger partial charge in [0.2, 0.25) is 0 Å². The number of hydrogen-bond donors (Lipinski definition) is 5. The minimum Gasteiger partial charge on any atom is -0.393 e. The Bertz CT molecular complexity index is 974. The van der Waals surface area contributed by atoms with Gasteiger partial charge in [-0.1, -0.05) is 75.2 Å². The zero-order valence-electron chi connectivity index (χ0n) is 28.6. The monoisotopic (exact) mass is 590 g/mol. The fourth-order valence-corrected chi connectivity index (χ4v) is 13.7. The van der Waals surface area contributed by atoms with Crippen LogP contribution in [0.3, 0.4) is 0 Å². The summed E-state index contributed by atoms with van der Waals surface area (Å²) in [7, 11) is 0. The van der Waals surface area contributed by atoms with Gasteiger partial charge in [-0.05, 0) is 115 Å². The molecule has 244 valence electrons. The molecule has 0 aromatic heterocycles. The third-order valence-electron chi connectivity index (χ3n) is 15.5. The van der Waals surface area contributed by atoms with Gasteiger partial charge in [-0.3, -0.25) is 0 Å². The molecular weight excluding hydrogens is 524 g/mol. The Morgan fingerprint density at radius 1 is 0.857 bits per heavy atom. The summed E-state index contributed by atoms with van der Waals surface area (Å²) in [6.45, 7) is 23.1. The highest BCUT2D eigenvalue weighted by Crippen LogP contribution is 2.73. The molecule has 0 saturated heterocycles. The van der Waals surface area contributed by atoms with Gasteiger partial charge < -0.3 is 25.5 Å². The SMILES string of the molecule is CC(O)C1C(C)CC2(C)CC3(C)CC4C(C5CCCC(C(O)O)C5)CC(C(C)(C)C)C(C)C4C(O)C3C(C)C2(C)C1O. The second kappa shape index (κ2) is 11.0. The molecular formula is C37H66O5. The molecule has 17 atom stereocenters. The molecule has 0 heterocycles. The molecule has 42 heavy (non-hydrogen) atoms. The summed E-state index contributed by atoms with van der Waals surface area (Å²) in [4.78, 5) is 0. The number of fused-ring (bicyclic) bond motifs is 3. The highest BCUT2D eigenvalue weighted by atomic mass is 16.5. The van der Waals surface area contributed by atoms with E-state index in [1.807, 2.05) is 6.92 Å². The molecule has 0 aromatic carbocycles. The van der Waals surface area contributed by atoms with Crippen LogP contribution in [0, 0.1) is 86.8 Å². The molecule has 0 aliphatic heterocycles. The van der Waals surface area contributed by atoms with Crippen molar-refractivity contribution in [1.29, 1.82) is 0 Å². The van der Waals surface area contributed by atoms with Crippen LogP contribution in [-0.4, -0.2) is 50.1 Å². The van der Waals surface area contributed by atoms with Crippen molar-refractivity contribution in [3.05, 3.63) is 0 Å². The molecule has 5 rings (SSSR count). The lowest BCUT2D eigenvalue weighted by Crippen LogP contribution is -2.71. The van der Waals surface area contributed by atoms with Gasteiger partial charge in [-0.25, -0.2) is 0 Å². The summed E-state index contributed by atoms with van der Waals surface area (Å²) in [5, 5.41) is 55.9. The van der Waals surface area contributed by atoms with Gasteiger partial charge in [0.25, 0.3) is 0 Å². The Labute approximate surface area is 257 Å². The molecule has 17 unspecified atom stereocenters. The molecule has 5 nitrogen and oxygen atoms in total. The molecule has 5 aliphatic carbocycles. The Kier molecular flexibility index (Phi) is 8.65. The van der Waals surface area contributed by atoms with E-state index in [1.165, 1.54) is 6.42 Å². The van der Waals surface area contributed by atoms with Gasteiger partial charge in [0.15, 0.2) is 6.29 Å². The summed E-state index contributed by atoms with van der Waals surface area (Å²) < 4.78 is 0. The minimum atomic E-state index is -1.23. The summed E-state index contributed by atoms with van der Waals surface area (Å²) in [5.74, 6) is 2.83. The lowest BCUT2D eigenvalue weighted by Gasteiger charge is -2.72. The van der Waals surface area contributed by atoms with Gasteiger partial charge in [0, 0.05) is 17.3 Å². The average molecular weight is 591 g/mol. The molecule has 0 bridgehead atoms. The first kappa shape index (κ1) is 33.2. The smallest absolute Gasteiger partial charge is 0.154 e. The molecule has 5 fully saturated rings. The molecule has 5 saturated carbocycles. The van der Waals surface area contributed by atoms with E-state index in [-0.39, 0.29) is 57.2 Å². The molecule has 5 heteroatoms. The van der Waals surface area contributed by atoms with Crippen LogP contribution in [0.15, 0.2) is 0 Å². The first-order valence-electron chi connectivity index (χ1n) is 17.7. The van der Waals surface area contributed by atoms with E-state index in [2.05, 4.69) is 62.3 Å². The van der Waals surface area contributed by atoms with E-state index in [9.17, 15) is 25.5 Å². The second-order valence-corrected chi connectivity index (χ2v) is 18.7. The predicted molar refractivity (Wildman–Crippen MR) is 168 cm³/mol. The Hall–Kier alpha value is -0.200. The van der Waals surface area contributed by atoms with Crippen molar-refractivity contribution in [2.24, 2.45) is 86.8 Å². The third-order valence-corrected chi connectivity index (χ3v) is 15.5. The van der Waals surface area contributed by atoms with Crippen LogP contribution in [0.4, 0.5) is 0 Å². The van der Waals surface area contributed by atoms with E-state index < -0.39 is 24.6 Å². The van der Waals surface area contributed by atoms with E-state index in [4.69, 9.17) is 0 Å². The second-order valence-electron chi connectivity index (χ2n) is 18.7. The normalized spacial score (nSPS) is 55.9. The Morgan fingerprint density at radius 2 is 1.50 bits per heavy atom. The van der Waals surface area contributed by atoms with Crippen molar-refractivity contribution in [3.63, 3.8) is 0 Å². The number of rotatable bonds is 3. The van der Waals surface area contributed by atoms with Crippen LogP contribution in [0.2, 0.25) is 0 Å². The lowest BCUT2D eigenvalue weighted by molar-refractivity contribution is -0.283. The van der Waals surface area contributed by atoms with Gasteiger partial charge >= 0.3 is 0 Å². The summed E-state index contributed by atoms with van der Waals surface area (Å²) >= 11 is 0. The molecule has 0 amide bonds. The van der Waals surface area contributed by atoms with E-state index >= 15 is 0 Å². The van der Waals surface area contributed by atoms with Gasteiger partial charge in [-0.15, -0.1) is 0 Å². The highest BCUT2D eigenvalue weighted by Gasteiger charge is 2.71. The third kappa shape index (κ3) is 4.88. The summed E-state index contributed by atoms with van der Waals surface area (Å²) in [6.07, 6.45) is 5.51. The van der Waals surface area contributed by atoms with E-state index in [0.717, 1.165) is 44.9 Å². The molecule has 0 spiro atoms. The fraction of sp³-hybridized carbons (Fsp3) is 1.00. The largest absolute Gasteiger partial charge is 0.393 e.